The minimum Gasteiger partial charge on any atom is -0.493 e. The lowest BCUT2D eigenvalue weighted by atomic mass is 10.1. The van der Waals surface area contributed by atoms with Crippen LogP contribution in [0.25, 0.3) is 21.3 Å². The normalized spacial score (nSPS) is 11.2. The fraction of sp³-hybridized carbons (Fsp3) is 0.259. The lowest BCUT2D eigenvalue weighted by Gasteiger charge is -2.10. The summed E-state index contributed by atoms with van der Waals surface area (Å²) in [6.45, 7) is 4.54. The summed E-state index contributed by atoms with van der Waals surface area (Å²) in [7, 11) is 1.57. The Bertz CT molecular complexity index is 1440. The van der Waals surface area contributed by atoms with Gasteiger partial charge < -0.3 is 9.47 Å². The number of methoxy groups -OCH3 is 1. The van der Waals surface area contributed by atoms with Crippen LogP contribution in [0.5, 0.6) is 11.5 Å². The Morgan fingerprint density at radius 1 is 1.19 bits per heavy atom. The highest BCUT2D eigenvalue weighted by Crippen LogP contribution is 2.31. The van der Waals surface area contributed by atoms with Crippen LogP contribution >= 0.6 is 11.3 Å². The van der Waals surface area contributed by atoms with Crippen LogP contribution < -0.4 is 20.5 Å². The largest absolute Gasteiger partial charge is 0.493 e. The number of thiophene rings is 1. The summed E-state index contributed by atoms with van der Waals surface area (Å²) < 4.78 is 12.4. The fourth-order valence-electron chi connectivity index (χ4n) is 3.60. The Hall–Kier alpha value is -3.98. The number of ether oxygens (including phenoxy) is 2. The molecule has 0 saturated heterocycles. The van der Waals surface area contributed by atoms with Crippen LogP contribution in [0.15, 0.2) is 64.1 Å². The third-order valence-corrected chi connectivity index (χ3v) is 6.47. The highest BCUT2D eigenvalue weighted by atomic mass is 32.1. The third kappa shape index (κ3) is 5.80. The van der Waals surface area contributed by atoms with Crippen LogP contribution in [0.2, 0.25) is 0 Å². The van der Waals surface area contributed by atoms with E-state index in [4.69, 9.17) is 9.47 Å². The molecule has 4 aromatic rings. The maximum Gasteiger partial charge on any atom is 0.263 e. The molecular weight excluding hydrogens is 476 g/mol. The summed E-state index contributed by atoms with van der Waals surface area (Å²) in [4.78, 5) is 30.7. The highest BCUT2D eigenvalue weighted by Gasteiger charge is 2.14. The second-order valence-electron chi connectivity index (χ2n) is 8.28. The predicted molar refractivity (Wildman–Crippen MR) is 143 cm³/mol. The molecule has 0 fully saturated rings. The Morgan fingerprint density at radius 3 is 2.75 bits per heavy atom. The fourth-order valence-corrected chi connectivity index (χ4v) is 4.51. The number of benzene rings is 2. The first kappa shape index (κ1) is 25.1. The van der Waals surface area contributed by atoms with Crippen molar-refractivity contribution in [3.8, 4) is 22.6 Å². The van der Waals surface area contributed by atoms with E-state index in [-0.39, 0.29) is 12.1 Å². The second-order valence-corrected chi connectivity index (χ2v) is 9.14. The summed E-state index contributed by atoms with van der Waals surface area (Å²) in [5.41, 5.74) is 5.83. The van der Waals surface area contributed by atoms with E-state index in [1.807, 2.05) is 48.7 Å². The molecule has 0 unspecified atom stereocenters. The van der Waals surface area contributed by atoms with E-state index in [9.17, 15) is 9.59 Å². The molecule has 0 radical (unpaired) electrons. The van der Waals surface area contributed by atoms with Gasteiger partial charge in [0.25, 0.3) is 11.5 Å². The van der Waals surface area contributed by atoms with E-state index in [1.54, 1.807) is 13.2 Å². The molecule has 36 heavy (non-hydrogen) atoms. The smallest absolute Gasteiger partial charge is 0.263 e. The molecule has 2 aromatic heterocycles. The Balaban J connectivity index is 1.45. The van der Waals surface area contributed by atoms with Gasteiger partial charge in [-0.1, -0.05) is 43.2 Å². The molecule has 1 amide bonds. The second kappa shape index (κ2) is 11.6. The number of aromatic nitrogens is 2. The number of hydrazone groups is 1. The number of hydrogen-bond donors (Lipinski definition) is 1. The molecule has 8 nitrogen and oxygen atoms in total. The van der Waals surface area contributed by atoms with Crippen molar-refractivity contribution in [1.82, 2.24) is 15.0 Å². The molecule has 2 heterocycles. The molecule has 0 bridgehead atoms. The summed E-state index contributed by atoms with van der Waals surface area (Å²) in [5.74, 6) is 0.813. The molecule has 0 saturated carbocycles. The maximum atomic E-state index is 13.2. The van der Waals surface area contributed by atoms with Gasteiger partial charge in [-0.15, -0.1) is 11.3 Å². The van der Waals surface area contributed by atoms with Gasteiger partial charge >= 0.3 is 0 Å². The zero-order valence-corrected chi connectivity index (χ0v) is 21.3. The van der Waals surface area contributed by atoms with Crippen LogP contribution in [0.4, 0.5) is 0 Å². The summed E-state index contributed by atoms with van der Waals surface area (Å²) in [6, 6.07) is 13.4. The lowest BCUT2D eigenvalue weighted by Crippen LogP contribution is -2.30. The first-order valence-electron chi connectivity index (χ1n) is 11.7. The van der Waals surface area contributed by atoms with Gasteiger partial charge in [-0.05, 0) is 42.7 Å². The number of rotatable bonds is 10. The van der Waals surface area contributed by atoms with Crippen molar-refractivity contribution in [2.24, 2.45) is 5.10 Å². The van der Waals surface area contributed by atoms with Crippen molar-refractivity contribution >= 4 is 33.7 Å². The molecule has 9 heteroatoms. The van der Waals surface area contributed by atoms with Crippen LogP contribution in [-0.4, -0.2) is 35.4 Å². The highest BCUT2D eigenvalue weighted by molar-refractivity contribution is 7.17. The van der Waals surface area contributed by atoms with Crippen molar-refractivity contribution in [2.45, 2.75) is 33.2 Å². The van der Waals surface area contributed by atoms with E-state index in [0.29, 0.717) is 28.3 Å². The molecule has 0 aliphatic rings. The van der Waals surface area contributed by atoms with E-state index < -0.39 is 5.91 Å². The van der Waals surface area contributed by atoms with Gasteiger partial charge in [-0.3, -0.25) is 14.2 Å². The lowest BCUT2D eigenvalue weighted by molar-refractivity contribution is -0.121. The quantitative estimate of drug-likeness (QED) is 0.191. The predicted octanol–water partition coefficient (Wildman–Crippen LogP) is 4.77. The number of hydrogen-bond acceptors (Lipinski definition) is 7. The zero-order valence-electron chi connectivity index (χ0n) is 20.5. The number of fused-ring (bicyclic) bond motifs is 1. The number of nitrogens with zero attached hydrogens (tertiary/aromatic N) is 3. The summed E-state index contributed by atoms with van der Waals surface area (Å²) in [5, 5.41) is 6.45. The Kier molecular flexibility index (Phi) is 8.12. The van der Waals surface area contributed by atoms with Crippen LogP contribution in [0.3, 0.4) is 0 Å². The maximum absolute atomic E-state index is 13.2. The first-order chi connectivity index (χ1) is 17.5. The molecule has 1 N–H and O–H groups in total. The van der Waals surface area contributed by atoms with Gasteiger partial charge in [0.15, 0.2) is 11.5 Å². The number of carbonyl (C=O) groups is 1. The van der Waals surface area contributed by atoms with Crippen molar-refractivity contribution in [2.75, 3.05) is 13.7 Å². The third-order valence-electron chi connectivity index (χ3n) is 5.58. The van der Waals surface area contributed by atoms with Gasteiger partial charge in [0, 0.05) is 10.9 Å². The van der Waals surface area contributed by atoms with Crippen molar-refractivity contribution < 1.29 is 14.3 Å². The number of nitrogens with one attached hydrogen (secondary N) is 1. The van der Waals surface area contributed by atoms with Crippen molar-refractivity contribution in [1.29, 1.82) is 0 Å². The van der Waals surface area contributed by atoms with Crippen LogP contribution in [-0.2, 0) is 11.3 Å². The Morgan fingerprint density at radius 2 is 2.00 bits per heavy atom. The average Bonchev–Trinajstić information content (AvgIpc) is 3.32. The molecule has 186 valence electrons. The minimum atomic E-state index is -0.437. The average molecular weight is 505 g/mol. The molecular formula is C27H28N4O4S. The molecule has 2 aromatic carbocycles. The number of unbranched alkanes of at least 4 members (excludes halogenated alkanes) is 1. The van der Waals surface area contributed by atoms with Gasteiger partial charge in [0.05, 0.1) is 31.6 Å². The van der Waals surface area contributed by atoms with Crippen LogP contribution in [0, 0.1) is 6.92 Å². The van der Waals surface area contributed by atoms with Gasteiger partial charge in [-0.25, -0.2) is 10.4 Å². The Labute approximate surface area is 213 Å². The summed E-state index contributed by atoms with van der Waals surface area (Å²) >= 11 is 1.41. The van der Waals surface area contributed by atoms with Gasteiger partial charge in [-0.2, -0.15) is 5.10 Å². The van der Waals surface area contributed by atoms with E-state index in [0.717, 1.165) is 35.1 Å². The standard InChI is InChI=1S/C27H28N4O4S/c1-4-5-12-35-22-11-8-19(13-23(22)34-3)14-29-30-24(32)15-31-17-28-26-25(27(31)33)21(16-36-26)20-9-6-18(2)7-10-20/h6-11,13-14,16-17H,4-5,12,15H2,1-3H3,(H,30,32). The number of amides is 1. The molecule has 0 spiro atoms. The van der Waals surface area contributed by atoms with Gasteiger partial charge in [0.1, 0.15) is 11.4 Å². The summed E-state index contributed by atoms with van der Waals surface area (Å²) in [6.07, 6.45) is 4.91. The van der Waals surface area contributed by atoms with Gasteiger partial charge in [0.2, 0.25) is 0 Å². The number of carbonyl (C=O) groups excluding carboxylic acids is 1. The first-order valence-corrected chi connectivity index (χ1v) is 12.5. The molecule has 0 aliphatic heterocycles. The molecule has 0 atom stereocenters. The van der Waals surface area contributed by atoms with E-state index in [2.05, 4.69) is 22.4 Å². The van der Waals surface area contributed by atoms with Crippen molar-refractivity contribution in [3.05, 3.63) is 75.7 Å². The number of aryl methyl sites for hydroxylation is 1. The van der Waals surface area contributed by atoms with E-state index >= 15 is 0 Å². The topological polar surface area (TPSA) is 94.8 Å². The van der Waals surface area contributed by atoms with Crippen LogP contribution in [0.1, 0.15) is 30.9 Å². The monoisotopic (exact) mass is 504 g/mol. The molecule has 0 aliphatic carbocycles. The van der Waals surface area contributed by atoms with Crippen molar-refractivity contribution in [3.63, 3.8) is 0 Å². The van der Waals surface area contributed by atoms with E-state index in [1.165, 1.54) is 28.4 Å². The zero-order chi connectivity index (χ0) is 25.5. The minimum absolute atomic E-state index is 0.199. The molecule has 4 rings (SSSR count). The SMILES string of the molecule is CCCCOc1ccc(C=NNC(=O)Cn2cnc3scc(-c4ccc(C)cc4)c3c2=O)cc1OC.